The molecule has 23 heavy (non-hydrogen) atoms. The SMILES string of the molecule is CCC(C)(C(=O)O)c1ccc(F)cc1C1(C#N)CCNCC1.Cl. The summed E-state index contributed by atoms with van der Waals surface area (Å²) in [4.78, 5) is 11.8. The number of rotatable bonds is 4. The van der Waals surface area contributed by atoms with Gasteiger partial charge in [-0.15, -0.1) is 12.4 Å². The molecule has 1 saturated heterocycles. The monoisotopic (exact) mass is 340 g/mol. The number of nitrogens with one attached hydrogen (secondary N) is 1. The maximum Gasteiger partial charge on any atom is 0.313 e. The molecule has 1 fully saturated rings. The number of carboxylic acid groups (broad SMARTS) is 1. The lowest BCUT2D eigenvalue weighted by molar-refractivity contribution is -0.143. The summed E-state index contributed by atoms with van der Waals surface area (Å²) in [6.45, 7) is 4.76. The molecule has 1 atom stereocenters. The van der Waals surface area contributed by atoms with Crippen LogP contribution in [0.4, 0.5) is 4.39 Å². The fourth-order valence-corrected chi connectivity index (χ4v) is 3.15. The van der Waals surface area contributed by atoms with Gasteiger partial charge in [0.2, 0.25) is 0 Å². The standard InChI is InChI=1S/C17H21FN2O2.ClH/c1-3-16(2,15(21)22)13-5-4-12(18)10-14(13)17(11-19)6-8-20-9-7-17;/h4-5,10,20H,3,6-9H2,1-2H3,(H,21,22);1H. The average molecular weight is 341 g/mol. The van der Waals surface area contributed by atoms with Gasteiger partial charge in [0.1, 0.15) is 5.82 Å². The van der Waals surface area contributed by atoms with Gasteiger partial charge in [0.25, 0.3) is 0 Å². The van der Waals surface area contributed by atoms with Crippen LogP contribution < -0.4 is 5.32 Å². The molecule has 0 saturated carbocycles. The quantitative estimate of drug-likeness (QED) is 0.883. The second-order valence-electron chi connectivity index (χ2n) is 6.12. The molecule has 1 heterocycles. The van der Waals surface area contributed by atoms with E-state index in [1.165, 1.54) is 18.2 Å². The average Bonchev–Trinajstić information content (AvgIpc) is 2.54. The molecule has 0 aromatic heterocycles. The molecule has 2 N–H and O–H groups in total. The third-order valence-electron chi connectivity index (χ3n) is 4.94. The third kappa shape index (κ3) is 3.34. The maximum absolute atomic E-state index is 13.8. The van der Waals surface area contributed by atoms with Crippen molar-refractivity contribution >= 4 is 18.4 Å². The zero-order chi connectivity index (χ0) is 16.4. The van der Waals surface area contributed by atoms with Gasteiger partial charge in [0.05, 0.1) is 16.9 Å². The number of piperidine rings is 1. The summed E-state index contributed by atoms with van der Waals surface area (Å²) in [5, 5.41) is 22.6. The summed E-state index contributed by atoms with van der Waals surface area (Å²) >= 11 is 0. The van der Waals surface area contributed by atoms with Gasteiger partial charge in [-0.3, -0.25) is 4.79 Å². The fraction of sp³-hybridized carbons (Fsp3) is 0.529. The number of benzene rings is 1. The molecule has 0 bridgehead atoms. The molecule has 1 aromatic rings. The highest BCUT2D eigenvalue weighted by Gasteiger charge is 2.42. The number of nitrogens with zero attached hydrogens (tertiary/aromatic N) is 1. The molecule has 2 rings (SSSR count). The second-order valence-corrected chi connectivity index (χ2v) is 6.12. The lowest BCUT2D eigenvalue weighted by Gasteiger charge is -2.36. The van der Waals surface area contributed by atoms with Crippen molar-refractivity contribution in [2.45, 2.75) is 43.9 Å². The summed E-state index contributed by atoms with van der Waals surface area (Å²) in [6, 6.07) is 6.50. The molecule has 1 aliphatic heterocycles. The second kappa shape index (κ2) is 7.29. The van der Waals surface area contributed by atoms with Crippen molar-refractivity contribution in [3.8, 4) is 6.07 Å². The summed E-state index contributed by atoms with van der Waals surface area (Å²) in [5.41, 5.74) is -0.873. The number of nitriles is 1. The molecule has 4 nitrogen and oxygen atoms in total. The first-order valence-corrected chi connectivity index (χ1v) is 7.55. The highest BCUT2D eigenvalue weighted by molar-refractivity contribution is 5.85. The Kier molecular flexibility index (Phi) is 6.15. The first-order chi connectivity index (χ1) is 10.4. The largest absolute Gasteiger partial charge is 0.481 e. The van der Waals surface area contributed by atoms with Crippen LogP contribution in [0.3, 0.4) is 0 Å². The predicted octanol–water partition coefficient (Wildman–Crippen LogP) is 3.14. The van der Waals surface area contributed by atoms with Crippen LogP contribution in [0.1, 0.15) is 44.2 Å². The van der Waals surface area contributed by atoms with Gasteiger partial charge in [-0.1, -0.05) is 13.0 Å². The van der Waals surface area contributed by atoms with Crippen LogP contribution in [-0.4, -0.2) is 24.2 Å². The molecule has 0 radical (unpaired) electrons. The zero-order valence-electron chi connectivity index (χ0n) is 13.4. The van der Waals surface area contributed by atoms with E-state index in [-0.39, 0.29) is 12.4 Å². The fourth-order valence-electron chi connectivity index (χ4n) is 3.15. The Hall–Kier alpha value is -1.64. The number of hydrogen-bond donors (Lipinski definition) is 2. The van der Waals surface area contributed by atoms with E-state index in [0.717, 1.165) is 0 Å². The van der Waals surface area contributed by atoms with E-state index < -0.39 is 22.6 Å². The van der Waals surface area contributed by atoms with Crippen LogP contribution in [0.25, 0.3) is 0 Å². The Labute approximate surface area is 142 Å². The minimum Gasteiger partial charge on any atom is -0.481 e. The van der Waals surface area contributed by atoms with Gasteiger partial charge >= 0.3 is 5.97 Å². The molecule has 1 aliphatic rings. The van der Waals surface area contributed by atoms with Crippen molar-refractivity contribution in [3.63, 3.8) is 0 Å². The Morgan fingerprint density at radius 3 is 2.57 bits per heavy atom. The van der Waals surface area contributed by atoms with Crippen LogP contribution in [0.15, 0.2) is 18.2 Å². The van der Waals surface area contributed by atoms with E-state index in [1.54, 1.807) is 13.8 Å². The van der Waals surface area contributed by atoms with Gasteiger partial charge < -0.3 is 10.4 Å². The van der Waals surface area contributed by atoms with Gasteiger partial charge in [-0.25, -0.2) is 4.39 Å². The molecule has 1 aromatic carbocycles. The Morgan fingerprint density at radius 2 is 2.09 bits per heavy atom. The first-order valence-electron chi connectivity index (χ1n) is 7.55. The summed E-state index contributed by atoms with van der Waals surface area (Å²) in [5.74, 6) is -1.39. The minimum atomic E-state index is -1.13. The first kappa shape index (κ1) is 19.4. The van der Waals surface area contributed by atoms with Gasteiger partial charge in [-0.2, -0.15) is 5.26 Å². The smallest absolute Gasteiger partial charge is 0.313 e. The maximum atomic E-state index is 13.8. The predicted molar refractivity (Wildman–Crippen MR) is 88.3 cm³/mol. The van der Waals surface area contributed by atoms with Crippen LogP contribution in [-0.2, 0) is 15.6 Å². The zero-order valence-corrected chi connectivity index (χ0v) is 14.2. The third-order valence-corrected chi connectivity index (χ3v) is 4.94. The molecule has 6 heteroatoms. The topological polar surface area (TPSA) is 73.1 Å². The molecule has 1 unspecified atom stereocenters. The van der Waals surface area contributed by atoms with Gasteiger partial charge in [-0.05, 0) is 62.5 Å². The normalized spacial score (nSPS) is 19.0. The Morgan fingerprint density at radius 1 is 1.48 bits per heavy atom. The summed E-state index contributed by atoms with van der Waals surface area (Å²) in [7, 11) is 0. The minimum absolute atomic E-state index is 0. The van der Waals surface area contributed by atoms with Crippen molar-refractivity contribution in [3.05, 3.63) is 35.1 Å². The van der Waals surface area contributed by atoms with Crippen LogP contribution in [0.2, 0.25) is 0 Å². The highest BCUT2D eigenvalue weighted by Crippen LogP contribution is 2.41. The van der Waals surface area contributed by atoms with E-state index >= 15 is 0 Å². The van der Waals surface area contributed by atoms with E-state index in [0.29, 0.717) is 43.5 Å². The lowest BCUT2D eigenvalue weighted by Crippen LogP contribution is -2.42. The van der Waals surface area contributed by atoms with Crippen LogP contribution in [0, 0.1) is 17.1 Å². The van der Waals surface area contributed by atoms with Crippen molar-refractivity contribution in [2.24, 2.45) is 0 Å². The van der Waals surface area contributed by atoms with Gasteiger partial charge in [0.15, 0.2) is 0 Å². The molecular weight excluding hydrogens is 319 g/mol. The van der Waals surface area contributed by atoms with E-state index in [4.69, 9.17) is 0 Å². The molecule has 126 valence electrons. The Bertz CT molecular complexity index is 624. The number of carbonyl (C=O) groups is 1. The molecule has 0 spiro atoms. The van der Waals surface area contributed by atoms with Crippen molar-refractivity contribution in [2.75, 3.05) is 13.1 Å². The van der Waals surface area contributed by atoms with Gasteiger partial charge in [0, 0.05) is 0 Å². The number of hydrogen-bond acceptors (Lipinski definition) is 3. The van der Waals surface area contributed by atoms with E-state index in [1.807, 2.05) is 0 Å². The highest BCUT2D eigenvalue weighted by atomic mass is 35.5. The van der Waals surface area contributed by atoms with Crippen molar-refractivity contribution in [1.29, 1.82) is 5.26 Å². The summed E-state index contributed by atoms with van der Waals surface area (Å²) < 4.78 is 13.8. The molecular formula is C17H22ClFN2O2. The number of aliphatic carboxylic acids is 1. The molecule has 0 amide bonds. The van der Waals surface area contributed by atoms with Crippen LogP contribution >= 0.6 is 12.4 Å². The van der Waals surface area contributed by atoms with Crippen LogP contribution in [0.5, 0.6) is 0 Å². The number of carboxylic acids is 1. The summed E-state index contributed by atoms with van der Waals surface area (Å²) in [6.07, 6.45) is 1.49. The lowest BCUT2D eigenvalue weighted by atomic mass is 9.67. The van der Waals surface area contributed by atoms with E-state index in [9.17, 15) is 19.6 Å². The number of halogens is 2. The van der Waals surface area contributed by atoms with Crippen molar-refractivity contribution < 1.29 is 14.3 Å². The van der Waals surface area contributed by atoms with E-state index in [2.05, 4.69) is 11.4 Å². The van der Waals surface area contributed by atoms with Crippen molar-refractivity contribution in [1.82, 2.24) is 5.32 Å². The Balaban J connectivity index is 0.00000264. The molecule has 0 aliphatic carbocycles.